The van der Waals surface area contributed by atoms with E-state index in [1.54, 1.807) is 0 Å². The summed E-state index contributed by atoms with van der Waals surface area (Å²) < 4.78 is 6.00. The standard InChI is InChI=1S/C14H26N2O2/c1-4-12-15-10-13(17)16(12)11-7-8-18-14(5-2,6-3)9-11/h11-12,15H,4-10H2,1-3H3. The second kappa shape index (κ2) is 5.57. The summed E-state index contributed by atoms with van der Waals surface area (Å²) in [6.07, 6.45) is 5.25. The molecule has 104 valence electrons. The van der Waals surface area contributed by atoms with E-state index >= 15 is 0 Å². The summed E-state index contributed by atoms with van der Waals surface area (Å²) in [5.74, 6) is 0.259. The first-order valence-electron chi connectivity index (χ1n) is 7.34. The van der Waals surface area contributed by atoms with Gasteiger partial charge in [-0.25, -0.2) is 0 Å². The number of rotatable bonds is 4. The van der Waals surface area contributed by atoms with Gasteiger partial charge in [-0.3, -0.25) is 10.1 Å². The van der Waals surface area contributed by atoms with Crippen LogP contribution in [0.2, 0.25) is 0 Å². The Morgan fingerprint density at radius 1 is 1.39 bits per heavy atom. The van der Waals surface area contributed by atoms with Gasteiger partial charge in [-0.1, -0.05) is 20.8 Å². The van der Waals surface area contributed by atoms with Crippen LogP contribution < -0.4 is 5.32 Å². The molecule has 0 aromatic carbocycles. The van der Waals surface area contributed by atoms with E-state index in [1.807, 2.05) is 0 Å². The molecule has 2 saturated heterocycles. The Balaban J connectivity index is 2.10. The summed E-state index contributed by atoms with van der Waals surface area (Å²) in [7, 11) is 0. The Bertz CT molecular complexity index is 302. The third-order valence-corrected chi connectivity index (χ3v) is 4.65. The molecule has 2 rings (SSSR count). The van der Waals surface area contributed by atoms with Crippen molar-refractivity contribution in [2.75, 3.05) is 13.2 Å². The first-order chi connectivity index (χ1) is 8.65. The Hall–Kier alpha value is -0.610. The Labute approximate surface area is 110 Å². The van der Waals surface area contributed by atoms with Crippen molar-refractivity contribution in [1.29, 1.82) is 0 Å². The van der Waals surface area contributed by atoms with Crippen molar-refractivity contribution >= 4 is 5.91 Å². The molecule has 2 heterocycles. The normalized spacial score (nSPS) is 31.9. The molecule has 0 bridgehead atoms. The lowest BCUT2D eigenvalue weighted by atomic mass is 9.85. The minimum atomic E-state index is -0.00984. The van der Waals surface area contributed by atoms with Crippen LogP contribution in [0.3, 0.4) is 0 Å². The lowest BCUT2D eigenvalue weighted by Gasteiger charge is -2.44. The highest BCUT2D eigenvalue weighted by Crippen LogP contribution is 2.35. The van der Waals surface area contributed by atoms with Gasteiger partial charge in [0.15, 0.2) is 0 Å². The van der Waals surface area contributed by atoms with Gasteiger partial charge >= 0.3 is 0 Å². The summed E-state index contributed by atoms with van der Waals surface area (Å²) >= 11 is 0. The van der Waals surface area contributed by atoms with Crippen molar-refractivity contribution < 1.29 is 9.53 Å². The minimum Gasteiger partial charge on any atom is -0.375 e. The van der Waals surface area contributed by atoms with E-state index in [2.05, 4.69) is 31.0 Å². The molecule has 2 fully saturated rings. The van der Waals surface area contributed by atoms with Gasteiger partial charge in [0.1, 0.15) is 0 Å². The molecule has 1 N–H and O–H groups in total. The van der Waals surface area contributed by atoms with Crippen LogP contribution in [0.15, 0.2) is 0 Å². The zero-order chi connectivity index (χ0) is 13.2. The highest BCUT2D eigenvalue weighted by molar-refractivity contribution is 5.81. The molecule has 0 radical (unpaired) electrons. The number of hydrogen-bond acceptors (Lipinski definition) is 3. The van der Waals surface area contributed by atoms with Gasteiger partial charge in [-0.05, 0) is 32.1 Å². The van der Waals surface area contributed by atoms with Crippen LogP contribution in [0.4, 0.5) is 0 Å². The SMILES string of the molecule is CCC1NCC(=O)N1C1CCOC(CC)(CC)C1. The van der Waals surface area contributed by atoms with Crippen molar-refractivity contribution in [3.05, 3.63) is 0 Å². The Kier molecular flexibility index (Phi) is 4.28. The molecule has 2 aliphatic heterocycles. The van der Waals surface area contributed by atoms with Gasteiger partial charge in [0.25, 0.3) is 0 Å². The lowest BCUT2D eigenvalue weighted by molar-refractivity contribution is -0.142. The van der Waals surface area contributed by atoms with Gasteiger partial charge in [0.2, 0.25) is 5.91 Å². The van der Waals surface area contributed by atoms with E-state index in [-0.39, 0.29) is 17.7 Å². The molecule has 2 atom stereocenters. The maximum absolute atomic E-state index is 12.1. The highest BCUT2D eigenvalue weighted by Gasteiger charge is 2.42. The fourth-order valence-corrected chi connectivity index (χ4v) is 3.35. The van der Waals surface area contributed by atoms with Crippen LogP contribution in [0.1, 0.15) is 52.9 Å². The van der Waals surface area contributed by atoms with Crippen LogP contribution in [0.5, 0.6) is 0 Å². The summed E-state index contributed by atoms with van der Waals surface area (Å²) in [4.78, 5) is 14.1. The molecule has 2 unspecified atom stereocenters. The Morgan fingerprint density at radius 3 is 2.72 bits per heavy atom. The molecule has 4 nitrogen and oxygen atoms in total. The first-order valence-corrected chi connectivity index (χ1v) is 7.34. The fraction of sp³-hybridized carbons (Fsp3) is 0.929. The second-order valence-corrected chi connectivity index (χ2v) is 5.49. The van der Waals surface area contributed by atoms with Crippen molar-refractivity contribution in [1.82, 2.24) is 10.2 Å². The molecule has 1 amide bonds. The number of carbonyl (C=O) groups is 1. The molecule has 0 aromatic rings. The van der Waals surface area contributed by atoms with Crippen molar-refractivity contribution in [2.24, 2.45) is 0 Å². The van der Waals surface area contributed by atoms with Gasteiger partial charge < -0.3 is 9.64 Å². The maximum atomic E-state index is 12.1. The summed E-state index contributed by atoms with van der Waals surface area (Å²) in [5.41, 5.74) is -0.00984. The van der Waals surface area contributed by atoms with Crippen molar-refractivity contribution in [2.45, 2.75) is 70.7 Å². The molecule has 4 heteroatoms. The van der Waals surface area contributed by atoms with Gasteiger partial charge in [0.05, 0.1) is 18.3 Å². The first kappa shape index (κ1) is 13.8. The van der Waals surface area contributed by atoms with Gasteiger partial charge in [-0.2, -0.15) is 0 Å². The van der Waals surface area contributed by atoms with Crippen LogP contribution in [0, 0.1) is 0 Å². The maximum Gasteiger partial charge on any atom is 0.238 e. The number of hydrogen-bond donors (Lipinski definition) is 1. The lowest BCUT2D eigenvalue weighted by Crippen LogP contribution is -2.52. The number of nitrogens with one attached hydrogen (secondary N) is 1. The van der Waals surface area contributed by atoms with Crippen LogP contribution in [-0.2, 0) is 9.53 Å². The predicted molar refractivity (Wildman–Crippen MR) is 71.2 cm³/mol. The quantitative estimate of drug-likeness (QED) is 0.833. The van der Waals surface area contributed by atoms with E-state index in [9.17, 15) is 4.79 Å². The topological polar surface area (TPSA) is 41.6 Å². The van der Waals surface area contributed by atoms with E-state index in [4.69, 9.17) is 4.74 Å². The van der Waals surface area contributed by atoms with Crippen LogP contribution in [0.25, 0.3) is 0 Å². The van der Waals surface area contributed by atoms with Crippen molar-refractivity contribution in [3.8, 4) is 0 Å². The molecule has 2 aliphatic rings. The number of ether oxygens (including phenoxy) is 1. The minimum absolute atomic E-state index is 0.00984. The monoisotopic (exact) mass is 254 g/mol. The van der Waals surface area contributed by atoms with E-state index < -0.39 is 0 Å². The van der Waals surface area contributed by atoms with Gasteiger partial charge in [0, 0.05) is 12.6 Å². The van der Waals surface area contributed by atoms with E-state index in [0.717, 1.165) is 38.7 Å². The third-order valence-electron chi connectivity index (χ3n) is 4.65. The highest BCUT2D eigenvalue weighted by atomic mass is 16.5. The smallest absolute Gasteiger partial charge is 0.238 e. The Morgan fingerprint density at radius 2 is 2.11 bits per heavy atom. The van der Waals surface area contributed by atoms with E-state index in [1.165, 1.54) is 0 Å². The zero-order valence-corrected chi connectivity index (χ0v) is 11.9. The average Bonchev–Trinajstić information content (AvgIpc) is 2.79. The molecule has 0 aromatic heterocycles. The van der Waals surface area contributed by atoms with Gasteiger partial charge in [-0.15, -0.1) is 0 Å². The molecule has 0 spiro atoms. The van der Waals surface area contributed by atoms with Crippen LogP contribution in [-0.4, -0.2) is 41.8 Å². The third kappa shape index (κ3) is 2.41. The largest absolute Gasteiger partial charge is 0.375 e. The molecule has 0 aliphatic carbocycles. The summed E-state index contributed by atoms with van der Waals surface area (Å²) in [5, 5.41) is 3.30. The molecule has 0 saturated carbocycles. The fourth-order valence-electron chi connectivity index (χ4n) is 3.35. The number of nitrogens with zero attached hydrogens (tertiary/aromatic N) is 1. The number of carbonyl (C=O) groups excluding carboxylic acids is 1. The zero-order valence-electron chi connectivity index (χ0n) is 11.9. The molecular formula is C14H26N2O2. The second-order valence-electron chi connectivity index (χ2n) is 5.49. The van der Waals surface area contributed by atoms with E-state index in [0.29, 0.717) is 12.6 Å². The summed E-state index contributed by atoms with van der Waals surface area (Å²) in [6.45, 7) is 7.80. The summed E-state index contributed by atoms with van der Waals surface area (Å²) in [6, 6.07) is 0.353. The molecule has 18 heavy (non-hydrogen) atoms. The predicted octanol–water partition coefficient (Wildman–Crippen LogP) is 1.89. The molecular weight excluding hydrogens is 228 g/mol. The average molecular weight is 254 g/mol. The number of amides is 1. The van der Waals surface area contributed by atoms with Crippen LogP contribution >= 0.6 is 0 Å². The van der Waals surface area contributed by atoms with Crippen molar-refractivity contribution in [3.63, 3.8) is 0 Å².